The Kier molecular flexibility index (Phi) is 7.23. The normalized spacial score (nSPS) is 15.6. The zero-order chi connectivity index (χ0) is 20.5. The maximum Gasteiger partial charge on any atom is 0.271 e. The molecule has 0 radical (unpaired) electrons. The summed E-state index contributed by atoms with van der Waals surface area (Å²) in [5, 5.41) is 11.2. The van der Waals surface area contributed by atoms with Crippen LogP contribution in [0, 0.1) is 24.0 Å². The molecule has 10 heteroatoms. The van der Waals surface area contributed by atoms with Crippen molar-refractivity contribution >= 4 is 28.1 Å². The van der Waals surface area contributed by atoms with Gasteiger partial charge in [0.25, 0.3) is 5.69 Å². The van der Waals surface area contributed by atoms with Gasteiger partial charge in [-0.05, 0) is 44.2 Å². The van der Waals surface area contributed by atoms with E-state index in [-0.39, 0.29) is 28.7 Å². The first-order chi connectivity index (χ1) is 13.2. The number of aryl methyl sites for hydroxylation is 2. The first kappa shape index (κ1) is 23.1. The zero-order valence-corrected chi connectivity index (χ0v) is 18.1. The van der Waals surface area contributed by atoms with Crippen LogP contribution in [-0.2, 0) is 10.0 Å². The number of hydrogen-bond acceptors (Lipinski definition) is 6. The smallest absolute Gasteiger partial charge is 0.271 e. The van der Waals surface area contributed by atoms with Gasteiger partial charge in [0, 0.05) is 38.3 Å². The number of nitro groups is 1. The van der Waals surface area contributed by atoms with E-state index in [1.54, 1.807) is 0 Å². The SMILES string of the molecule is Cc1ccc(C)c(Oc2ccc([N+](=O)[O-])cc2S(=O)(=O)N2CCN(C)CC2)c1.Cl. The van der Waals surface area contributed by atoms with E-state index in [1.807, 2.05) is 44.0 Å². The maximum absolute atomic E-state index is 13.2. The molecule has 2 aromatic carbocycles. The number of nitrogens with zero attached hydrogens (tertiary/aromatic N) is 3. The molecule has 1 heterocycles. The van der Waals surface area contributed by atoms with Crippen LogP contribution in [0.5, 0.6) is 11.5 Å². The van der Waals surface area contributed by atoms with Crippen LogP contribution in [0.2, 0.25) is 0 Å². The first-order valence-corrected chi connectivity index (χ1v) is 10.3. The van der Waals surface area contributed by atoms with Crippen molar-refractivity contribution in [2.24, 2.45) is 0 Å². The van der Waals surface area contributed by atoms with E-state index in [2.05, 4.69) is 0 Å². The van der Waals surface area contributed by atoms with Crippen LogP contribution in [0.4, 0.5) is 5.69 Å². The number of piperazine rings is 1. The molecular formula is C19H24ClN3O5S. The average Bonchev–Trinajstić information content (AvgIpc) is 2.65. The third-order valence-electron chi connectivity index (χ3n) is 4.78. The summed E-state index contributed by atoms with van der Waals surface area (Å²) in [5.41, 5.74) is 1.51. The van der Waals surface area contributed by atoms with Crippen molar-refractivity contribution in [3.8, 4) is 11.5 Å². The molecule has 0 atom stereocenters. The number of sulfonamides is 1. The zero-order valence-electron chi connectivity index (χ0n) is 16.5. The van der Waals surface area contributed by atoms with E-state index in [9.17, 15) is 18.5 Å². The van der Waals surface area contributed by atoms with Crippen molar-refractivity contribution in [1.29, 1.82) is 0 Å². The molecule has 0 aliphatic carbocycles. The maximum atomic E-state index is 13.2. The van der Waals surface area contributed by atoms with Gasteiger partial charge >= 0.3 is 0 Å². The summed E-state index contributed by atoms with van der Waals surface area (Å²) >= 11 is 0. The summed E-state index contributed by atoms with van der Waals surface area (Å²) in [6.45, 7) is 5.61. The fourth-order valence-electron chi connectivity index (χ4n) is 3.00. The highest BCUT2D eigenvalue weighted by atomic mass is 35.5. The quantitative estimate of drug-likeness (QED) is 0.521. The van der Waals surface area contributed by atoms with E-state index in [1.165, 1.54) is 16.4 Å². The van der Waals surface area contributed by atoms with Crippen molar-refractivity contribution in [3.05, 3.63) is 57.6 Å². The second-order valence-electron chi connectivity index (χ2n) is 6.97. The van der Waals surface area contributed by atoms with Gasteiger partial charge in [0.15, 0.2) is 0 Å². The minimum atomic E-state index is -3.94. The molecular weight excluding hydrogens is 418 g/mol. The van der Waals surface area contributed by atoms with Crippen LogP contribution in [0.15, 0.2) is 41.3 Å². The minimum Gasteiger partial charge on any atom is -0.456 e. The number of halogens is 1. The molecule has 3 rings (SSSR count). The van der Waals surface area contributed by atoms with E-state index in [0.29, 0.717) is 31.9 Å². The van der Waals surface area contributed by atoms with Gasteiger partial charge in [0.1, 0.15) is 16.4 Å². The molecule has 0 unspecified atom stereocenters. The second kappa shape index (κ2) is 9.08. The van der Waals surface area contributed by atoms with Crippen LogP contribution in [0.1, 0.15) is 11.1 Å². The summed E-state index contributed by atoms with van der Waals surface area (Å²) in [6.07, 6.45) is 0. The number of ether oxygens (including phenoxy) is 1. The van der Waals surface area contributed by atoms with Gasteiger partial charge in [0.2, 0.25) is 10.0 Å². The topological polar surface area (TPSA) is 93.0 Å². The summed E-state index contributed by atoms with van der Waals surface area (Å²) in [5.74, 6) is 0.599. The molecule has 8 nitrogen and oxygen atoms in total. The van der Waals surface area contributed by atoms with Gasteiger partial charge in [0.05, 0.1) is 4.92 Å². The van der Waals surface area contributed by atoms with Crippen molar-refractivity contribution in [2.45, 2.75) is 18.7 Å². The van der Waals surface area contributed by atoms with E-state index >= 15 is 0 Å². The molecule has 0 aromatic heterocycles. The molecule has 1 fully saturated rings. The largest absolute Gasteiger partial charge is 0.456 e. The Labute approximate surface area is 176 Å². The van der Waals surface area contributed by atoms with Gasteiger partial charge in [-0.3, -0.25) is 10.1 Å². The lowest BCUT2D eigenvalue weighted by molar-refractivity contribution is -0.385. The van der Waals surface area contributed by atoms with E-state index < -0.39 is 14.9 Å². The highest BCUT2D eigenvalue weighted by Crippen LogP contribution is 2.35. The molecule has 2 aromatic rings. The minimum absolute atomic E-state index is 0. The lowest BCUT2D eigenvalue weighted by Crippen LogP contribution is -2.47. The highest BCUT2D eigenvalue weighted by molar-refractivity contribution is 7.89. The number of nitro benzene ring substituents is 1. The second-order valence-corrected chi connectivity index (χ2v) is 8.87. The fraction of sp³-hybridized carbons (Fsp3) is 0.368. The van der Waals surface area contributed by atoms with Gasteiger partial charge in [-0.1, -0.05) is 12.1 Å². The van der Waals surface area contributed by atoms with E-state index in [0.717, 1.165) is 17.2 Å². The van der Waals surface area contributed by atoms with Crippen LogP contribution in [0.3, 0.4) is 0 Å². The molecule has 0 N–H and O–H groups in total. The third kappa shape index (κ3) is 5.05. The number of hydrogen-bond donors (Lipinski definition) is 0. The fourth-order valence-corrected chi connectivity index (χ4v) is 4.56. The van der Waals surface area contributed by atoms with Crippen LogP contribution in [0.25, 0.3) is 0 Å². The Morgan fingerprint density at radius 2 is 1.66 bits per heavy atom. The molecule has 0 bridgehead atoms. The summed E-state index contributed by atoms with van der Waals surface area (Å²) < 4.78 is 33.7. The third-order valence-corrected chi connectivity index (χ3v) is 6.70. The van der Waals surface area contributed by atoms with Crippen molar-refractivity contribution < 1.29 is 18.1 Å². The lowest BCUT2D eigenvalue weighted by atomic mass is 10.1. The molecule has 158 valence electrons. The number of likely N-dealkylation sites (N-methyl/N-ethyl adjacent to an activating group) is 1. The van der Waals surface area contributed by atoms with Crippen molar-refractivity contribution in [2.75, 3.05) is 33.2 Å². The van der Waals surface area contributed by atoms with Crippen molar-refractivity contribution in [1.82, 2.24) is 9.21 Å². The van der Waals surface area contributed by atoms with Crippen LogP contribution >= 0.6 is 12.4 Å². The summed E-state index contributed by atoms with van der Waals surface area (Å²) in [7, 11) is -2.01. The Morgan fingerprint density at radius 1 is 1.00 bits per heavy atom. The molecule has 1 aliphatic heterocycles. The lowest BCUT2D eigenvalue weighted by Gasteiger charge is -2.31. The Hall–Kier alpha value is -2.20. The number of rotatable bonds is 5. The molecule has 0 spiro atoms. The van der Waals surface area contributed by atoms with Gasteiger partial charge in [-0.2, -0.15) is 4.31 Å². The molecule has 1 aliphatic rings. The van der Waals surface area contributed by atoms with Gasteiger partial charge in [-0.15, -0.1) is 12.4 Å². The van der Waals surface area contributed by atoms with Crippen molar-refractivity contribution in [3.63, 3.8) is 0 Å². The summed E-state index contributed by atoms with van der Waals surface area (Å²) in [4.78, 5) is 12.5. The average molecular weight is 442 g/mol. The highest BCUT2D eigenvalue weighted by Gasteiger charge is 2.32. The first-order valence-electron chi connectivity index (χ1n) is 8.91. The molecule has 1 saturated heterocycles. The molecule has 29 heavy (non-hydrogen) atoms. The predicted octanol–water partition coefficient (Wildman–Crippen LogP) is 3.36. The van der Waals surface area contributed by atoms with Crippen LogP contribution in [-0.4, -0.2) is 55.8 Å². The van der Waals surface area contributed by atoms with E-state index in [4.69, 9.17) is 4.74 Å². The standard InChI is InChI=1S/C19H23N3O5S.ClH/c1-14-4-5-15(2)18(12-14)27-17-7-6-16(22(23)24)13-19(17)28(25,26)21-10-8-20(3)9-11-21;/h4-7,12-13H,8-11H2,1-3H3;1H. The Bertz CT molecular complexity index is 1000. The van der Waals surface area contributed by atoms with Crippen LogP contribution < -0.4 is 4.74 Å². The van der Waals surface area contributed by atoms with Gasteiger partial charge in [-0.25, -0.2) is 8.42 Å². The Balaban J connectivity index is 0.00000300. The number of non-ortho nitro benzene ring substituents is 1. The predicted molar refractivity (Wildman–Crippen MR) is 113 cm³/mol. The van der Waals surface area contributed by atoms with Gasteiger partial charge < -0.3 is 9.64 Å². The Morgan fingerprint density at radius 3 is 2.28 bits per heavy atom. The molecule has 0 saturated carbocycles. The monoisotopic (exact) mass is 441 g/mol. The molecule has 0 amide bonds. The number of benzene rings is 2. The summed E-state index contributed by atoms with van der Waals surface area (Å²) in [6, 6.07) is 9.30.